The highest BCUT2D eigenvalue weighted by atomic mass is 35.5. The van der Waals surface area contributed by atoms with Gasteiger partial charge in [-0.2, -0.15) is 0 Å². The molecular weight excluding hydrogens is 366 g/mol. The molecule has 2 atom stereocenters. The van der Waals surface area contributed by atoms with Gasteiger partial charge in [0.05, 0.1) is 19.0 Å². The Bertz CT molecular complexity index is 845. The zero-order chi connectivity index (χ0) is 18.8. The van der Waals surface area contributed by atoms with Crippen molar-refractivity contribution in [3.8, 4) is 0 Å². The summed E-state index contributed by atoms with van der Waals surface area (Å²) in [6, 6.07) is 11.2. The topological polar surface area (TPSA) is 62.7 Å². The summed E-state index contributed by atoms with van der Waals surface area (Å²) in [4.78, 5) is 32.3. The molecule has 7 heteroatoms. The van der Waals surface area contributed by atoms with Gasteiger partial charge in [-0.05, 0) is 35.7 Å². The molecule has 2 aromatic rings. The Labute approximate surface area is 162 Å². The van der Waals surface area contributed by atoms with Crippen LogP contribution in [0.3, 0.4) is 0 Å². The molecule has 0 N–H and O–H groups in total. The van der Waals surface area contributed by atoms with E-state index in [9.17, 15) is 9.59 Å². The largest absolute Gasteiger partial charge is 0.442 e. The lowest BCUT2D eigenvalue weighted by atomic mass is 10.1. The van der Waals surface area contributed by atoms with Crippen LogP contribution in [0, 0.1) is 0 Å². The highest BCUT2D eigenvalue weighted by molar-refractivity contribution is 6.30. The van der Waals surface area contributed by atoms with Gasteiger partial charge in [0.25, 0.3) is 0 Å². The molecule has 0 radical (unpaired) electrons. The number of likely N-dealkylation sites (tertiary alicyclic amines) is 1. The number of carbonyl (C=O) groups excluding carboxylic acids is 2. The molecule has 3 heterocycles. The minimum atomic E-state index is -0.300. The molecule has 0 spiro atoms. The molecule has 6 nitrogen and oxygen atoms in total. The van der Waals surface area contributed by atoms with Crippen molar-refractivity contribution in [3.63, 3.8) is 0 Å². The number of rotatable bonds is 5. The Morgan fingerprint density at radius 2 is 2.07 bits per heavy atom. The summed E-state index contributed by atoms with van der Waals surface area (Å²) in [7, 11) is 0. The van der Waals surface area contributed by atoms with Crippen LogP contribution in [0.25, 0.3) is 0 Å². The van der Waals surface area contributed by atoms with E-state index in [4.69, 9.17) is 16.3 Å². The standard InChI is InChI=1S/C20H20ClN3O3/c21-16-5-1-3-14(9-16)6-8-24-17-12-23(13-18(17)27-20(24)26)19(25)10-15-4-2-7-22-11-15/h1-5,7,9,11,17-18H,6,8,10,12-13H2/t17-,18+/m0/s1. The number of hydrogen-bond donors (Lipinski definition) is 0. The first kappa shape index (κ1) is 17.8. The van der Waals surface area contributed by atoms with Gasteiger partial charge in [0, 0.05) is 30.5 Å². The van der Waals surface area contributed by atoms with Crippen LogP contribution in [0.15, 0.2) is 48.8 Å². The monoisotopic (exact) mass is 385 g/mol. The number of amides is 2. The van der Waals surface area contributed by atoms with Crippen molar-refractivity contribution in [2.24, 2.45) is 0 Å². The van der Waals surface area contributed by atoms with Gasteiger partial charge < -0.3 is 9.64 Å². The zero-order valence-corrected chi connectivity index (χ0v) is 15.5. The van der Waals surface area contributed by atoms with E-state index in [1.54, 1.807) is 22.2 Å². The fourth-order valence-electron chi connectivity index (χ4n) is 3.70. The molecule has 27 heavy (non-hydrogen) atoms. The molecule has 1 aromatic heterocycles. The van der Waals surface area contributed by atoms with E-state index in [1.807, 2.05) is 36.4 Å². The number of carbonyl (C=O) groups is 2. The molecule has 140 valence electrons. The summed E-state index contributed by atoms with van der Waals surface area (Å²) in [6.07, 6.45) is 3.84. The van der Waals surface area contributed by atoms with Crippen molar-refractivity contribution in [1.29, 1.82) is 0 Å². The Morgan fingerprint density at radius 3 is 2.85 bits per heavy atom. The minimum Gasteiger partial charge on any atom is -0.442 e. The third-order valence-electron chi connectivity index (χ3n) is 5.09. The molecule has 0 saturated carbocycles. The molecule has 0 bridgehead atoms. The Balaban J connectivity index is 1.37. The first-order chi connectivity index (χ1) is 13.1. The first-order valence-corrected chi connectivity index (χ1v) is 9.36. The Hall–Kier alpha value is -2.60. The number of halogens is 1. The molecule has 2 saturated heterocycles. The average molecular weight is 386 g/mol. The predicted molar refractivity (Wildman–Crippen MR) is 100 cm³/mol. The quantitative estimate of drug-likeness (QED) is 0.793. The molecule has 2 amide bonds. The van der Waals surface area contributed by atoms with Gasteiger partial charge in [-0.3, -0.25) is 14.7 Å². The number of fused-ring (bicyclic) bond motifs is 1. The van der Waals surface area contributed by atoms with E-state index < -0.39 is 0 Å². The van der Waals surface area contributed by atoms with Gasteiger partial charge in [-0.15, -0.1) is 0 Å². The van der Waals surface area contributed by atoms with Crippen LogP contribution in [0.1, 0.15) is 11.1 Å². The van der Waals surface area contributed by atoms with E-state index in [2.05, 4.69) is 4.98 Å². The summed E-state index contributed by atoms with van der Waals surface area (Å²) >= 11 is 6.02. The fourth-order valence-corrected chi connectivity index (χ4v) is 3.91. The van der Waals surface area contributed by atoms with Crippen LogP contribution in [0.5, 0.6) is 0 Å². The maximum absolute atomic E-state index is 12.6. The molecule has 4 rings (SSSR count). The third-order valence-corrected chi connectivity index (χ3v) is 5.32. The van der Waals surface area contributed by atoms with Crippen molar-refractivity contribution in [2.45, 2.75) is 25.0 Å². The summed E-state index contributed by atoms with van der Waals surface area (Å²) < 4.78 is 5.50. The van der Waals surface area contributed by atoms with Crippen LogP contribution < -0.4 is 0 Å². The number of hydrogen-bond acceptors (Lipinski definition) is 4. The lowest BCUT2D eigenvalue weighted by molar-refractivity contribution is -0.130. The average Bonchev–Trinajstić information content (AvgIpc) is 3.18. The SMILES string of the molecule is O=C(Cc1cccnc1)N1C[C@H]2OC(=O)N(CCc3cccc(Cl)c3)[C@H]2C1. The number of benzene rings is 1. The number of pyridine rings is 1. The lowest BCUT2D eigenvalue weighted by Crippen LogP contribution is -2.40. The molecular formula is C20H20ClN3O3. The van der Waals surface area contributed by atoms with Crippen LogP contribution in [0.4, 0.5) is 4.79 Å². The second-order valence-corrected chi connectivity index (χ2v) is 7.34. The smallest absolute Gasteiger partial charge is 0.410 e. The van der Waals surface area contributed by atoms with Crippen molar-refractivity contribution in [2.75, 3.05) is 19.6 Å². The van der Waals surface area contributed by atoms with E-state index in [0.717, 1.165) is 11.1 Å². The highest BCUT2D eigenvalue weighted by Gasteiger charge is 2.48. The van der Waals surface area contributed by atoms with Gasteiger partial charge in [0.1, 0.15) is 6.10 Å². The van der Waals surface area contributed by atoms with Crippen LogP contribution >= 0.6 is 11.6 Å². The maximum Gasteiger partial charge on any atom is 0.410 e. The lowest BCUT2D eigenvalue weighted by Gasteiger charge is -2.22. The van der Waals surface area contributed by atoms with Gasteiger partial charge in [0.15, 0.2) is 0 Å². The Kier molecular flexibility index (Phi) is 4.99. The molecule has 0 unspecified atom stereocenters. The maximum atomic E-state index is 12.6. The molecule has 1 aromatic carbocycles. The van der Waals surface area contributed by atoms with Crippen LogP contribution in [-0.2, 0) is 22.4 Å². The van der Waals surface area contributed by atoms with Crippen LogP contribution in [0.2, 0.25) is 5.02 Å². The van der Waals surface area contributed by atoms with Crippen molar-refractivity contribution in [3.05, 3.63) is 64.9 Å². The van der Waals surface area contributed by atoms with E-state index in [1.165, 1.54) is 0 Å². The zero-order valence-electron chi connectivity index (χ0n) is 14.8. The van der Waals surface area contributed by atoms with Gasteiger partial charge in [-0.1, -0.05) is 29.8 Å². The molecule has 2 fully saturated rings. The predicted octanol–water partition coefficient (Wildman–Crippen LogP) is 2.55. The number of ether oxygens (including phenoxy) is 1. The van der Waals surface area contributed by atoms with Crippen molar-refractivity contribution < 1.29 is 14.3 Å². The second-order valence-electron chi connectivity index (χ2n) is 6.90. The summed E-state index contributed by atoms with van der Waals surface area (Å²) in [5.74, 6) is 0.0308. The van der Waals surface area contributed by atoms with Gasteiger partial charge >= 0.3 is 6.09 Å². The third kappa shape index (κ3) is 3.90. The van der Waals surface area contributed by atoms with Crippen molar-refractivity contribution >= 4 is 23.6 Å². The summed E-state index contributed by atoms with van der Waals surface area (Å²) in [6.45, 7) is 1.50. The highest BCUT2D eigenvalue weighted by Crippen LogP contribution is 2.27. The minimum absolute atomic E-state index is 0.0308. The second kappa shape index (κ2) is 7.56. The molecule has 0 aliphatic carbocycles. The van der Waals surface area contributed by atoms with Crippen LogP contribution in [-0.4, -0.2) is 58.6 Å². The molecule has 2 aliphatic rings. The van der Waals surface area contributed by atoms with Crippen molar-refractivity contribution in [1.82, 2.24) is 14.8 Å². The number of nitrogens with zero attached hydrogens (tertiary/aromatic N) is 3. The number of aromatic nitrogens is 1. The molecule has 2 aliphatic heterocycles. The summed E-state index contributed by atoms with van der Waals surface area (Å²) in [5.41, 5.74) is 1.95. The van der Waals surface area contributed by atoms with Gasteiger partial charge in [-0.25, -0.2) is 4.79 Å². The summed E-state index contributed by atoms with van der Waals surface area (Å²) in [5, 5.41) is 0.683. The van der Waals surface area contributed by atoms with E-state index in [0.29, 0.717) is 37.5 Å². The van der Waals surface area contributed by atoms with Gasteiger partial charge in [0.2, 0.25) is 5.91 Å². The normalized spacial score (nSPS) is 21.3. The fraction of sp³-hybridized carbons (Fsp3) is 0.350. The Morgan fingerprint density at radius 1 is 1.22 bits per heavy atom. The van der Waals surface area contributed by atoms with E-state index >= 15 is 0 Å². The van der Waals surface area contributed by atoms with E-state index in [-0.39, 0.29) is 24.1 Å². The first-order valence-electron chi connectivity index (χ1n) is 8.98.